The van der Waals surface area contributed by atoms with Crippen LogP contribution in [0.5, 0.6) is 0 Å². The number of hydrogen-bond acceptors (Lipinski definition) is 4. The molecule has 0 atom stereocenters. The quantitative estimate of drug-likeness (QED) is 0.278. The van der Waals surface area contributed by atoms with Crippen molar-refractivity contribution in [3.8, 4) is 28.5 Å². The van der Waals surface area contributed by atoms with Crippen LogP contribution in [0.4, 0.5) is 4.39 Å². The lowest BCUT2D eigenvalue weighted by atomic mass is 9.96. The van der Waals surface area contributed by atoms with E-state index in [0.29, 0.717) is 38.2 Å². The fourth-order valence-corrected chi connectivity index (χ4v) is 6.48. The van der Waals surface area contributed by atoms with Gasteiger partial charge in [0.2, 0.25) is 0 Å². The maximum atomic E-state index is 14.5. The molecule has 5 rings (SSSR count). The highest BCUT2D eigenvalue weighted by atomic mass is 32.2. The third-order valence-electron chi connectivity index (χ3n) is 5.88. The number of hydrogen-bond donors (Lipinski definition) is 0. The summed E-state index contributed by atoms with van der Waals surface area (Å²) in [6, 6.07) is 22.2. The summed E-state index contributed by atoms with van der Waals surface area (Å²) >= 11 is 1.27. The molecule has 34 heavy (non-hydrogen) atoms. The Morgan fingerprint density at radius 1 is 0.941 bits per heavy atom. The average molecular weight is 487 g/mol. The first-order valence-corrected chi connectivity index (χ1v) is 12.8. The van der Waals surface area contributed by atoms with Crippen LogP contribution in [0.2, 0.25) is 0 Å². The maximum Gasteiger partial charge on any atom is 0.268 e. The number of halogens is 1. The number of nitrogens with zero attached hydrogens (tertiary/aromatic N) is 2. The van der Waals surface area contributed by atoms with Crippen molar-refractivity contribution >= 4 is 32.3 Å². The van der Waals surface area contributed by atoms with Crippen molar-refractivity contribution in [2.75, 3.05) is 0 Å². The van der Waals surface area contributed by atoms with E-state index in [4.69, 9.17) is 0 Å². The molecule has 0 radical (unpaired) electrons. The first kappa shape index (κ1) is 22.1. The molecule has 0 saturated heterocycles. The molecule has 0 aliphatic heterocycles. The molecule has 3 aromatic carbocycles. The van der Waals surface area contributed by atoms with Crippen molar-refractivity contribution in [2.24, 2.45) is 0 Å². The minimum Gasteiger partial charge on any atom is -0.233 e. The van der Waals surface area contributed by atoms with Gasteiger partial charge in [-0.2, -0.15) is 5.26 Å². The molecule has 0 aliphatic rings. The Hall–Kier alpha value is -3.73. The molecule has 0 fully saturated rings. The van der Waals surface area contributed by atoms with Gasteiger partial charge in [0.25, 0.3) is 10.0 Å². The van der Waals surface area contributed by atoms with E-state index in [1.165, 1.54) is 33.5 Å². The number of benzene rings is 3. The Bertz CT molecular complexity index is 1710. The van der Waals surface area contributed by atoms with Gasteiger partial charge in [0.15, 0.2) is 0 Å². The molecule has 168 valence electrons. The summed E-state index contributed by atoms with van der Waals surface area (Å²) in [7, 11) is -4.07. The van der Waals surface area contributed by atoms with Crippen molar-refractivity contribution in [1.82, 2.24) is 3.97 Å². The van der Waals surface area contributed by atoms with E-state index in [0.717, 1.165) is 11.1 Å². The zero-order valence-electron chi connectivity index (χ0n) is 18.4. The summed E-state index contributed by atoms with van der Waals surface area (Å²) in [4.78, 5) is 0.567. The number of fused-ring (bicyclic) bond motifs is 1. The molecule has 5 aromatic rings. The van der Waals surface area contributed by atoms with Crippen molar-refractivity contribution in [3.05, 3.63) is 100.0 Å². The highest BCUT2D eigenvalue weighted by molar-refractivity contribution is 7.90. The molecular formula is C27H19FN2O2S2. The molecule has 0 aliphatic carbocycles. The molecular weight excluding hydrogens is 467 g/mol. The van der Waals surface area contributed by atoms with E-state index in [2.05, 4.69) is 6.07 Å². The number of nitriles is 1. The molecule has 0 amide bonds. The van der Waals surface area contributed by atoms with Gasteiger partial charge in [0.1, 0.15) is 16.8 Å². The highest BCUT2D eigenvalue weighted by Gasteiger charge is 2.30. The fraction of sp³-hybridized carbons (Fsp3) is 0.0741. The van der Waals surface area contributed by atoms with Gasteiger partial charge >= 0.3 is 0 Å². The second kappa shape index (κ2) is 8.24. The van der Waals surface area contributed by atoms with Gasteiger partial charge in [-0.1, -0.05) is 42.0 Å². The SMILES string of the molecule is Cc1ccc(S(=O)(=O)n2c(-c3ccccc3C)c(-c3ccsc3C#N)c3cc(F)ccc32)cc1. The van der Waals surface area contributed by atoms with Crippen molar-refractivity contribution in [2.45, 2.75) is 18.7 Å². The van der Waals surface area contributed by atoms with Gasteiger partial charge in [-0.05, 0) is 61.2 Å². The van der Waals surface area contributed by atoms with Crippen LogP contribution >= 0.6 is 11.3 Å². The molecule has 2 aromatic heterocycles. The van der Waals surface area contributed by atoms with E-state index in [1.54, 1.807) is 35.7 Å². The van der Waals surface area contributed by atoms with Gasteiger partial charge in [0, 0.05) is 22.1 Å². The van der Waals surface area contributed by atoms with Crippen molar-refractivity contribution < 1.29 is 12.8 Å². The van der Waals surface area contributed by atoms with E-state index >= 15 is 0 Å². The van der Waals surface area contributed by atoms with E-state index in [-0.39, 0.29) is 4.90 Å². The maximum absolute atomic E-state index is 14.5. The predicted molar refractivity (Wildman–Crippen MR) is 134 cm³/mol. The molecule has 4 nitrogen and oxygen atoms in total. The standard InChI is InChI=1S/C27H19FN2O2S2/c1-17-7-10-20(11-8-17)34(31,32)30-24-12-9-19(28)15-23(24)26(22-13-14-33-25(22)16-29)27(30)21-6-4-3-5-18(21)2/h3-15H,1-2H3. The zero-order chi connectivity index (χ0) is 24.0. The predicted octanol–water partition coefficient (Wildman–Crippen LogP) is 6.90. The van der Waals surface area contributed by atoms with E-state index < -0.39 is 15.8 Å². The van der Waals surface area contributed by atoms with Crippen LogP contribution in [0.3, 0.4) is 0 Å². The molecule has 0 spiro atoms. The van der Waals surface area contributed by atoms with Crippen LogP contribution in [-0.4, -0.2) is 12.4 Å². The third-order valence-corrected chi connectivity index (χ3v) is 8.43. The normalized spacial score (nSPS) is 11.6. The van der Waals surface area contributed by atoms with Crippen molar-refractivity contribution in [1.29, 1.82) is 5.26 Å². The van der Waals surface area contributed by atoms with Crippen LogP contribution in [0.25, 0.3) is 33.3 Å². The van der Waals surface area contributed by atoms with Gasteiger partial charge in [0.05, 0.1) is 16.1 Å². The summed E-state index contributed by atoms with van der Waals surface area (Å²) in [5.41, 5.74) is 4.37. The Kier molecular flexibility index (Phi) is 5.35. The van der Waals surface area contributed by atoms with Gasteiger partial charge < -0.3 is 0 Å². The lowest BCUT2D eigenvalue weighted by Crippen LogP contribution is -2.14. The van der Waals surface area contributed by atoms with Crippen LogP contribution < -0.4 is 0 Å². The largest absolute Gasteiger partial charge is 0.268 e. The number of aromatic nitrogens is 1. The summed E-state index contributed by atoms with van der Waals surface area (Å²) in [6.45, 7) is 3.79. The Balaban J connectivity index is 2.01. The first-order chi connectivity index (χ1) is 16.3. The minimum atomic E-state index is -4.07. The third kappa shape index (κ3) is 3.43. The van der Waals surface area contributed by atoms with Gasteiger partial charge in [-0.15, -0.1) is 11.3 Å². The average Bonchev–Trinajstić information content (AvgIpc) is 3.41. The lowest BCUT2D eigenvalue weighted by Gasteiger charge is -2.15. The molecule has 7 heteroatoms. The number of rotatable bonds is 4. The molecule has 2 heterocycles. The summed E-state index contributed by atoms with van der Waals surface area (Å²) in [6.07, 6.45) is 0. The highest BCUT2D eigenvalue weighted by Crippen LogP contribution is 2.45. The topological polar surface area (TPSA) is 62.9 Å². The molecule has 0 unspecified atom stereocenters. The summed E-state index contributed by atoms with van der Waals surface area (Å²) in [5, 5.41) is 12.0. The second-order valence-corrected chi connectivity index (χ2v) is 10.8. The van der Waals surface area contributed by atoms with E-state index in [9.17, 15) is 18.1 Å². The Labute approximate surface area is 201 Å². The van der Waals surface area contributed by atoms with Gasteiger partial charge in [-0.25, -0.2) is 16.8 Å². The Morgan fingerprint density at radius 3 is 2.38 bits per heavy atom. The summed E-state index contributed by atoms with van der Waals surface area (Å²) < 4.78 is 44.0. The molecule has 0 saturated carbocycles. The van der Waals surface area contributed by atoms with Crippen LogP contribution in [0.1, 0.15) is 16.0 Å². The summed E-state index contributed by atoms with van der Waals surface area (Å²) in [5.74, 6) is -0.483. The first-order valence-electron chi connectivity index (χ1n) is 10.5. The minimum absolute atomic E-state index is 0.131. The fourth-order valence-electron chi connectivity index (χ4n) is 4.25. The van der Waals surface area contributed by atoms with Crippen molar-refractivity contribution in [3.63, 3.8) is 0 Å². The Morgan fingerprint density at radius 2 is 1.68 bits per heavy atom. The van der Waals surface area contributed by atoms with Crippen LogP contribution in [0, 0.1) is 31.0 Å². The monoisotopic (exact) mass is 486 g/mol. The lowest BCUT2D eigenvalue weighted by molar-refractivity contribution is 0.589. The zero-order valence-corrected chi connectivity index (χ0v) is 20.0. The van der Waals surface area contributed by atoms with Crippen LogP contribution in [0.15, 0.2) is 83.1 Å². The number of aryl methyl sites for hydroxylation is 2. The van der Waals surface area contributed by atoms with Gasteiger partial charge in [-0.3, -0.25) is 0 Å². The number of thiophene rings is 1. The second-order valence-electron chi connectivity index (χ2n) is 8.06. The van der Waals surface area contributed by atoms with E-state index in [1.807, 2.05) is 38.1 Å². The van der Waals surface area contributed by atoms with Crippen LogP contribution in [-0.2, 0) is 10.0 Å². The molecule has 0 bridgehead atoms. The smallest absolute Gasteiger partial charge is 0.233 e. The molecule has 0 N–H and O–H groups in total.